The van der Waals surface area contributed by atoms with Gasteiger partial charge in [0, 0.05) is 29.3 Å². The normalized spacial score (nSPS) is 9.59. The van der Waals surface area contributed by atoms with Crippen LogP contribution in [0.25, 0.3) is 0 Å². The first kappa shape index (κ1) is 13.8. The zero-order chi connectivity index (χ0) is 13.0. The fourth-order valence-electron chi connectivity index (χ4n) is 0.992. The van der Waals surface area contributed by atoms with Crippen molar-refractivity contribution in [2.75, 3.05) is 0 Å². The predicted molar refractivity (Wildman–Crippen MR) is 60.4 cm³/mol. The van der Waals surface area contributed by atoms with E-state index in [2.05, 4.69) is 9.47 Å². The monoisotopic (exact) mass is 296 g/mol. The van der Waals surface area contributed by atoms with E-state index in [-0.39, 0.29) is 17.1 Å². The topological polar surface area (TPSA) is 69.7 Å². The van der Waals surface area contributed by atoms with Crippen molar-refractivity contribution in [2.24, 2.45) is 0 Å². The van der Waals surface area contributed by atoms with Gasteiger partial charge >= 0.3 is 10.9 Å². The van der Waals surface area contributed by atoms with E-state index in [9.17, 15) is 14.4 Å². The van der Waals surface area contributed by atoms with Crippen LogP contribution < -0.4 is 9.47 Å². The maximum atomic E-state index is 11.0. The molecular formula is C9H3Cl3O5. The van der Waals surface area contributed by atoms with Crippen LogP contribution in [0.3, 0.4) is 0 Å². The van der Waals surface area contributed by atoms with E-state index >= 15 is 0 Å². The van der Waals surface area contributed by atoms with Crippen LogP contribution in [0, 0.1) is 0 Å². The number of hydrogen-bond acceptors (Lipinski definition) is 5. The van der Waals surface area contributed by atoms with Crippen LogP contribution in [0.2, 0.25) is 0 Å². The van der Waals surface area contributed by atoms with Gasteiger partial charge in [-0.05, 0) is 23.7 Å². The molecule has 0 amide bonds. The highest BCUT2D eigenvalue weighted by atomic mass is 35.5. The molecule has 90 valence electrons. The molecule has 0 saturated heterocycles. The molecule has 0 spiro atoms. The summed E-state index contributed by atoms with van der Waals surface area (Å²) in [6, 6.07) is 3.53. The smallest absolute Gasteiger partial charge is 0.409 e. The molecule has 1 aromatic carbocycles. The van der Waals surface area contributed by atoms with E-state index in [1.807, 2.05) is 0 Å². The summed E-state index contributed by atoms with van der Waals surface area (Å²) in [6.45, 7) is 0. The standard InChI is InChI=1S/C9H3Cl3O5/c10-7(13)5-2-1-4(16-8(11)14)3-6(5)17-9(12)15/h1-3H. The third-order valence-electron chi connectivity index (χ3n) is 1.55. The van der Waals surface area contributed by atoms with Crippen LogP contribution in [-0.2, 0) is 0 Å². The van der Waals surface area contributed by atoms with Gasteiger partial charge in [-0.2, -0.15) is 0 Å². The fourth-order valence-corrected chi connectivity index (χ4v) is 1.32. The van der Waals surface area contributed by atoms with Crippen molar-refractivity contribution in [3.8, 4) is 11.5 Å². The summed E-state index contributed by atoms with van der Waals surface area (Å²) in [5.41, 5.74) is -2.35. The average Bonchev–Trinajstić information content (AvgIpc) is 2.15. The number of carbonyl (C=O) groups excluding carboxylic acids is 3. The Morgan fingerprint density at radius 1 is 0.941 bits per heavy atom. The summed E-state index contributed by atoms with van der Waals surface area (Å²) in [5.74, 6) is -0.264. The number of hydrogen-bond donors (Lipinski definition) is 0. The molecule has 0 radical (unpaired) electrons. The van der Waals surface area contributed by atoms with Gasteiger partial charge in [-0.25, -0.2) is 9.59 Å². The van der Waals surface area contributed by atoms with Crippen molar-refractivity contribution in [1.29, 1.82) is 0 Å². The van der Waals surface area contributed by atoms with E-state index in [0.717, 1.165) is 6.07 Å². The molecule has 0 bridgehead atoms. The number of rotatable bonds is 3. The van der Waals surface area contributed by atoms with E-state index in [1.165, 1.54) is 12.1 Å². The highest BCUT2D eigenvalue weighted by Crippen LogP contribution is 2.27. The molecule has 0 aliphatic carbocycles. The number of carbonyl (C=O) groups is 3. The predicted octanol–water partition coefficient (Wildman–Crippen LogP) is 3.54. The van der Waals surface area contributed by atoms with Crippen molar-refractivity contribution in [3.05, 3.63) is 23.8 Å². The lowest BCUT2D eigenvalue weighted by Gasteiger charge is -2.06. The van der Waals surface area contributed by atoms with Gasteiger partial charge in [0.2, 0.25) is 0 Å². The van der Waals surface area contributed by atoms with Crippen LogP contribution in [0.4, 0.5) is 9.59 Å². The summed E-state index contributed by atoms with van der Waals surface area (Å²) >= 11 is 15.2. The van der Waals surface area contributed by atoms with E-state index in [4.69, 9.17) is 34.8 Å². The third kappa shape index (κ3) is 4.22. The highest BCUT2D eigenvalue weighted by Gasteiger charge is 2.15. The van der Waals surface area contributed by atoms with Crippen LogP contribution >= 0.6 is 34.8 Å². The van der Waals surface area contributed by atoms with Gasteiger partial charge in [0.1, 0.15) is 11.5 Å². The first-order valence-corrected chi connectivity index (χ1v) is 5.12. The molecule has 0 aliphatic rings. The lowest BCUT2D eigenvalue weighted by atomic mass is 10.2. The Balaban J connectivity index is 3.13. The minimum Gasteiger partial charge on any atom is -0.414 e. The van der Waals surface area contributed by atoms with Gasteiger partial charge in [0.25, 0.3) is 5.24 Å². The van der Waals surface area contributed by atoms with Crippen molar-refractivity contribution >= 4 is 50.9 Å². The maximum absolute atomic E-state index is 11.0. The van der Waals surface area contributed by atoms with Gasteiger partial charge in [-0.3, -0.25) is 4.79 Å². The highest BCUT2D eigenvalue weighted by molar-refractivity contribution is 6.68. The number of ether oxygens (including phenoxy) is 2. The van der Waals surface area contributed by atoms with E-state index in [0.29, 0.717) is 0 Å². The number of benzene rings is 1. The van der Waals surface area contributed by atoms with E-state index in [1.54, 1.807) is 0 Å². The largest absolute Gasteiger partial charge is 0.414 e. The van der Waals surface area contributed by atoms with Crippen molar-refractivity contribution < 1.29 is 23.9 Å². The van der Waals surface area contributed by atoms with Gasteiger partial charge < -0.3 is 9.47 Å². The van der Waals surface area contributed by atoms with Crippen molar-refractivity contribution in [1.82, 2.24) is 0 Å². The second-order valence-corrected chi connectivity index (χ2v) is 3.57. The molecule has 0 aromatic heterocycles. The lowest BCUT2D eigenvalue weighted by Crippen LogP contribution is -2.03. The Kier molecular flexibility index (Phi) is 4.74. The second kappa shape index (κ2) is 5.86. The SMILES string of the molecule is O=C(Cl)Oc1ccc(C(=O)Cl)c(OC(=O)Cl)c1. The average molecular weight is 297 g/mol. The van der Waals surface area contributed by atoms with Crippen LogP contribution in [0.1, 0.15) is 10.4 Å². The molecule has 0 heterocycles. The van der Waals surface area contributed by atoms with Gasteiger partial charge in [-0.15, -0.1) is 0 Å². The number of halogens is 3. The van der Waals surface area contributed by atoms with Gasteiger partial charge in [-0.1, -0.05) is 0 Å². The van der Waals surface area contributed by atoms with Gasteiger partial charge in [0.15, 0.2) is 0 Å². The van der Waals surface area contributed by atoms with Gasteiger partial charge in [0.05, 0.1) is 5.56 Å². The fraction of sp³-hybridized carbons (Fsp3) is 0. The molecule has 0 unspecified atom stereocenters. The first-order valence-electron chi connectivity index (χ1n) is 3.98. The Hall–Kier alpha value is -1.30. The van der Waals surface area contributed by atoms with Crippen LogP contribution in [0.15, 0.2) is 18.2 Å². The molecule has 0 saturated carbocycles. The Bertz CT molecular complexity index is 486. The maximum Gasteiger partial charge on any atom is 0.409 e. The summed E-state index contributed by atoms with van der Waals surface area (Å²) in [7, 11) is 0. The third-order valence-corrected chi connectivity index (χ3v) is 1.91. The molecule has 0 fully saturated rings. The Labute approximate surface area is 110 Å². The quantitative estimate of drug-likeness (QED) is 0.798. The molecule has 8 heteroatoms. The van der Waals surface area contributed by atoms with E-state index < -0.39 is 16.1 Å². The van der Waals surface area contributed by atoms with Crippen LogP contribution in [0.5, 0.6) is 11.5 Å². The van der Waals surface area contributed by atoms with Crippen molar-refractivity contribution in [2.45, 2.75) is 0 Å². The summed E-state index contributed by atoms with van der Waals surface area (Å²) < 4.78 is 9.02. The summed E-state index contributed by atoms with van der Waals surface area (Å²) in [4.78, 5) is 32.0. The summed E-state index contributed by atoms with van der Waals surface area (Å²) in [5, 5.41) is -0.860. The second-order valence-electron chi connectivity index (χ2n) is 2.61. The molecular weight excluding hydrogens is 294 g/mol. The zero-order valence-electron chi connectivity index (χ0n) is 7.91. The summed E-state index contributed by atoms with van der Waals surface area (Å²) in [6.07, 6.45) is 0. The molecule has 1 aromatic rings. The minimum atomic E-state index is -1.17. The zero-order valence-corrected chi connectivity index (χ0v) is 10.2. The molecule has 5 nitrogen and oxygen atoms in total. The molecule has 1 rings (SSSR count). The lowest BCUT2D eigenvalue weighted by molar-refractivity contribution is 0.107. The molecule has 0 atom stereocenters. The molecule has 0 N–H and O–H groups in total. The molecule has 17 heavy (non-hydrogen) atoms. The minimum absolute atomic E-state index is 0.0282. The molecule has 0 aliphatic heterocycles. The Morgan fingerprint density at radius 3 is 2.00 bits per heavy atom. The van der Waals surface area contributed by atoms with Crippen LogP contribution in [-0.4, -0.2) is 16.1 Å². The first-order chi connectivity index (χ1) is 7.90. The van der Waals surface area contributed by atoms with Crippen molar-refractivity contribution in [3.63, 3.8) is 0 Å². The Morgan fingerprint density at radius 2 is 1.53 bits per heavy atom.